The molecule has 0 aliphatic heterocycles. The summed E-state index contributed by atoms with van der Waals surface area (Å²) in [5.74, 6) is 1.23. The summed E-state index contributed by atoms with van der Waals surface area (Å²) < 4.78 is 0. The Morgan fingerprint density at radius 3 is 2.50 bits per heavy atom. The zero-order chi connectivity index (χ0) is 13.1. The molecule has 0 saturated heterocycles. The maximum atomic E-state index is 3.66. The smallest absolute Gasteiger partial charge is 0.00719 e. The molecule has 0 fully saturated rings. The average Bonchev–Trinajstić information content (AvgIpc) is 2.42. The highest BCUT2D eigenvalue weighted by molar-refractivity contribution is 7.99. The van der Waals surface area contributed by atoms with Gasteiger partial charge in [-0.05, 0) is 50.1 Å². The number of hydrogen-bond acceptors (Lipinski definition) is 2. The highest BCUT2D eigenvalue weighted by atomic mass is 32.2. The van der Waals surface area contributed by atoms with E-state index in [1.54, 1.807) is 0 Å². The van der Waals surface area contributed by atoms with Gasteiger partial charge in [-0.25, -0.2) is 0 Å². The predicted octanol–water partition coefficient (Wildman–Crippen LogP) is 4.73. The summed E-state index contributed by atoms with van der Waals surface area (Å²) in [7, 11) is 0. The third-order valence-electron chi connectivity index (χ3n) is 3.03. The van der Waals surface area contributed by atoms with Gasteiger partial charge in [-0.15, -0.1) is 11.8 Å². The number of rotatable bonds is 10. The fraction of sp³-hybridized carbons (Fsp3) is 0.625. The molecule has 0 radical (unpaired) electrons. The van der Waals surface area contributed by atoms with Crippen LogP contribution in [-0.2, 0) is 0 Å². The lowest BCUT2D eigenvalue weighted by atomic mass is 10.1. The number of benzene rings is 1. The third-order valence-corrected chi connectivity index (χ3v) is 4.13. The van der Waals surface area contributed by atoms with Crippen molar-refractivity contribution in [2.75, 3.05) is 12.3 Å². The molecule has 0 heterocycles. The highest BCUT2D eigenvalue weighted by Gasteiger charge is 2.05. The lowest BCUT2D eigenvalue weighted by Gasteiger charge is -2.17. The summed E-state index contributed by atoms with van der Waals surface area (Å²) in [6, 6.07) is 11.4. The van der Waals surface area contributed by atoms with Crippen LogP contribution in [0.25, 0.3) is 0 Å². The van der Waals surface area contributed by atoms with Crippen molar-refractivity contribution in [1.82, 2.24) is 5.32 Å². The van der Waals surface area contributed by atoms with Crippen LogP contribution in [0.15, 0.2) is 35.2 Å². The fourth-order valence-corrected chi connectivity index (χ4v) is 2.98. The maximum absolute atomic E-state index is 3.66. The topological polar surface area (TPSA) is 12.0 Å². The molecule has 0 amide bonds. The van der Waals surface area contributed by atoms with Crippen LogP contribution in [0.3, 0.4) is 0 Å². The molecular formula is C16H27NS. The second-order valence-electron chi connectivity index (χ2n) is 4.74. The van der Waals surface area contributed by atoms with Crippen molar-refractivity contribution < 1.29 is 0 Å². The standard InChI is InChI=1S/C16H27NS/c1-3-9-15(17-13-4-2)10-8-14-18-16-11-6-5-7-12-16/h5-7,11-12,15,17H,3-4,8-10,13-14H2,1-2H3. The predicted molar refractivity (Wildman–Crippen MR) is 83.4 cm³/mol. The van der Waals surface area contributed by atoms with Crippen molar-refractivity contribution in [3.05, 3.63) is 30.3 Å². The molecule has 1 aromatic rings. The molecule has 2 heteroatoms. The lowest BCUT2D eigenvalue weighted by molar-refractivity contribution is 0.446. The second-order valence-corrected chi connectivity index (χ2v) is 5.91. The van der Waals surface area contributed by atoms with E-state index in [0.717, 1.165) is 12.6 Å². The van der Waals surface area contributed by atoms with E-state index in [1.807, 2.05) is 11.8 Å². The van der Waals surface area contributed by atoms with Crippen molar-refractivity contribution in [1.29, 1.82) is 0 Å². The van der Waals surface area contributed by atoms with E-state index in [1.165, 1.54) is 42.8 Å². The molecule has 0 bridgehead atoms. The molecule has 1 unspecified atom stereocenters. The van der Waals surface area contributed by atoms with Gasteiger partial charge in [0.25, 0.3) is 0 Å². The Kier molecular flexibility index (Phi) is 9.05. The molecule has 1 nitrogen and oxygen atoms in total. The SMILES string of the molecule is CCCNC(CCC)CCCSc1ccccc1. The number of nitrogens with one attached hydrogen (secondary N) is 1. The number of thioether (sulfide) groups is 1. The summed E-state index contributed by atoms with van der Waals surface area (Å²) in [5, 5.41) is 3.66. The first-order valence-electron chi connectivity index (χ1n) is 7.28. The van der Waals surface area contributed by atoms with Crippen LogP contribution < -0.4 is 5.32 Å². The van der Waals surface area contributed by atoms with Crippen LogP contribution in [0, 0.1) is 0 Å². The van der Waals surface area contributed by atoms with E-state index in [0.29, 0.717) is 0 Å². The highest BCUT2D eigenvalue weighted by Crippen LogP contribution is 2.19. The van der Waals surface area contributed by atoms with E-state index in [4.69, 9.17) is 0 Å². The normalized spacial score (nSPS) is 12.6. The summed E-state index contributed by atoms with van der Waals surface area (Å²) in [5.41, 5.74) is 0. The lowest BCUT2D eigenvalue weighted by Crippen LogP contribution is -2.29. The van der Waals surface area contributed by atoms with E-state index >= 15 is 0 Å². The van der Waals surface area contributed by atoms with Gasteiger partial charge in [0.15, 0.2) is 0 Å². The molecular weight excluding hydrogens is 238 g/mol. The molecule has 102 valence electrons. The van der Waals surface area contributed by atoms with Crippen molar-refractivity contribution in [3.63, 3.8) is 0 Å². The van der Waals surface area contributed by atoms with Crippen molar-refractivity contribution in [2.45, 2.75) is 56.9 Å². The van der Waals surface area contributed by atoms with Crippen molar-refractivity contribution in [2.24, 2.45) is 0 Å². The Balaban J connectivity index is 2.14. The molecule has 0 spiro atoms. The molecule has 0 aliphatic carbocycles. The molecule has 1 N–H and O–H groups in total. The molecule has 1 atom stereocenters. The molecule has 1 rings (SSSR count). The molecule has 1 aromatic carbocycles. The number of hydrogen-bond donors (Lipinski definition) is 1. The average molecular weight is 265 g/mol. The van der Waals surface area contributed by atoms with Gasteiger partial charge in [0, 0.05) is 10.9 Å². The Hall–Kier alpha value is -0.470. The molecule has 0 saturated carbocycles. The quantitative estimate of drug-likeness (QED) is 0.485. The summed E-state index contributed by atoms with van der Waals surface area (Å²) in [6.07, 6.45) is 6.46. The molecule has 0 aliphatic rings. The minimum absolute atomic E-state index is 0.728. The Morgan fingerprint density at radius 2 is 1.83 bits per heavy atom. The first-order chi connectivity index (χ1) is 8.86. The minimum Gasteiger partial charge on any atom is -0.314 e. The Labute approximate surface area is 117 Å². The first kappa shape index (κ1) is 15.6. The van der Waals surface area contributed by atoms with Crippen LogP contribution >= 0.6 is 11.8 Å². The van der Waals surface area contributed by atoms with Crippen LogP contribution in [0.2, 0.25) is 0 Å². The van der Waals surface area contributed by atoms with Crippen LogP contribution in [-0.4, -0.2) is 18.3 Å². The Bertz CT molecular complexity index is 286. The van der Waals surface area contributed by atoms with Gasteiger partial charge in [-0.1, -0.05) is 38.5 Å². The zero-order valence-electron chi connectivity index (χ0n) is 11.8. The van der Waals surface area contributed by atoms with Crippen LogP contribution in [0.4, 0.5) is 0 Å². The van der Waals surface area contributed by atoms with Crippen molar-refractivity contribution >= 4 is 11.8 Å². The summed E-state index contributed by atoms with van der Waals surface area (Å²) >= 11 is 1.98. The van der Waals surface area contributed by atoms with Gasteiger partial charge < -0.3 is 5.32 Å². The summed E-state index contributed by atoms with van der Waals surface area (Å²) in [6.45, 7) is 5.68. The summed E-state index contributed by atoms with van der Waals surface area (Å²) in [4.78, 5) is 1.39. The van der Waals surface area contributed by atoms with Gasteiger partial charge in [0.05, 0.1) is 0 Å². The third kappa shape index (κ3) is 7.07. The van der Waals surface area contributed by atoms with Crippen molar-refractivity contribution in [3.8, 4) is 0 Å². The largest absolute Gasteiger partial charge is 0.314 e. The van der Waals surface area contributed by atoms with Crippen LogP contribution in [0.5, 0.6) is 0 Å². The maximum Gasteiger partial charge on any atom is 0.00719 e. The minimum atomic E-state index is 0.728. The van der Waals surface area contributed by atoms with Crippen LogP contribution in [0.1, 0.15) is 46.0 Å². The Morgan fingerprint density at radius 1 is 1.06 bits per heavy atom. The fourth-order valence-electron chi connectivity index (χ4n) is 2.08. The second kappa shape index (κ2) is 10.5. The van der Waals surface area contributed by atoms with Gasteiger partial charge >= 0.3 is 0 Å². The van der Waals surface area contributed by atoms with E-state index in [9.17, 15) is 0 Å². The van der Waals surface area contributed by atoms with E-state index in [-0.39, 0.29) is 0 Å². The molecule has 18 heavy (non-hydrogen) atoms. The van der Waals surface area contributed by atoms with Gasteiger partial charge in [0.2, 0.25) is 0 Å². The van der Waals surface area contributed by atoms with Gasteiger partial charge in [-0.2, -0.15) is 0 Å². The van der Waals surface area contributed by atoms with Gasteiger partial charge in [-0.3, -0.25) is 0 Å². The monoisotopic (exact) mass is 265 g/mol. The van der Waals surface area contributed by atoms with Gasteiger partial charge in [0.1, 0.15) is 0 Å². The van der Waals surface area contributed by atoms with E-state index < -0.39 is 0 Å². The zero-order valence-corrected chi connectivity index (χ0v) is 12.6. The molecule has 0 aromatic heterocycles. The first-order valence-corrected chi connectivity index (χ1v) is 8.26. The van der Waals surface area contributed by atoms with E-state index in [2.05, 4.69) is 49.5 Å².